The first kappa shape index (κ1) is 15.5. The lowest BCUT2D eigenvalue weighted by atomic mass is 10.1. The van der Waals surface area contributed by atoms with Crippen LogP contribution in [0.2, 0.25) is 5.02 Å². The number of aromatic nitrogens is 2. The molecule has 3 rings (SSSR count). The van der Waals surface area contributed by atoms with E-state index in [1.165, 1.54) is 0 Å². The minimum absolute atomic E-state index is 0.00757. The molecule has 1 aliphatic heterocycles. The molecule has 118 valence electrons. The van der Waals surface area contributed by atoms with Gasteiger partial charge in [-0.2, -0.15) is 0 Å². The number of halogens is 1. The summed E-state index contributed by atoms with van der Waals surface area (Å²) < 4.78 is 1.98. The molecule has 2 aromatic heterocycles. The summed E-state index contributed by atoms with van der Waals surface area (Å²) in [5.41, 5.74) is 0. The molecule has 1 N–H and O–H groups in total. The molecule has 3 heterocycles. The zero-order valence-corrected chi connectivity index (χ0v) is 14.0. The molecule has 1 saturated heterocycles. The highest BCUT2D eigenvalue weighted by Crippen LogP contribution is 2.24. The van der Waals surface area contributed by atoms with Crippen LogP contribution in [0.15, 0.2) is 23.8 Å². The lowest BCUT2D eigenvalue weighted by Crippen LogP contribution is -2.49. The van der Waals surface area contributed by atoms with Crippen LogP contribution in [-0.2, 0) is 18.3 Å². The second-order valence-corrected chi connectivity index (χ2v) is 6.87. The number of carbonyl (C=O) groups is 1. The number of aryl methyl sites for hydroxylation is 2. The molecule has 5 nitrogen and oxygen atoms in total. The fourth-order valence-corrected chi connectivity index (χ4v) is 3.87. The Bertz CT molecular complexity index is 654. The summed E-state index contributed by atoms with van der Waals surface area (Å²) >= 11 is 7.54. The van der Waals surface area contributed by atoms with Gasteiger partial charge in [0, 0.05) is 55.8 Å². The molecule has 0 spiro atoms. The van der Waals surface area contributed by atoms with Crippen molar-refractivity contribution in [2.45, 2.75) is 18.9 Å². The Kier molecular flexibility index (Phi) is 4.81. The van der Waals surface area contributed by atoms with Crippen LogP contribution in [-0.4, -0.2) is 40.0 Å². The number of amides is 1. The molecular weight excluding hydrogens is 320 g/mol. The summed E-state index contributed by atoms with van der Waals surface area (Å²) in [7, 11) is 1.97. The summed E-state index contributed by atoms with van der Waals surface area (Å²) in [6, 6.07) is 1.95. The van der Waals surface area contributed by atoms with Crippen LogP contribution in [0.1, 0.15) is 23.2 Å². The van der Waals surface area contributed by atoms with Gasteiger partial charge >= 0.3 is 0 Å². The van der Waals surface area contributed by atoms with E-state index in [9.17, 15) is 4.79 Å². The lowest BCUT2D eigenvalue weighted by Gasteiger charge is -2.35. The highest BCUT2D eigenvalue weighted by Gasteiger charge is 2.30. The van der Waals surface area contributed by atoms with E-state index in [4.69, 9.17) is 11.6 Å². The number of nitrogens with one attached hydrogen (secondary N) is 1. The van der Waals surface area contributed by atoms with Crippen molar-refractivity contribution < 1.29 is 4.79 Å². The third kappa shape index (κ3) is 3.34. The number of piperazine rings is 1. The fraction of sp³-hybridized carbons (Fsp3) is 0.467. The molecule has 1 aliphatic rings. The SMILES string of the molecule is Cn1ccnc1C1CNCCN1C(=O)CCc1cc(Cl)cs1. The van der Waals surface area contributed by atoms with Crippen molar-refractivity contribution in [1.82, 2.24) is 19.8 Å². The normalized spacial score (nSPS) is 18.6. The predicted octanol–water partition coefficient (Wildman–Crippen LogP) is 2.24. The average molecular weight is 339 g/mol. The average Bonchev–Trinajstić information content (AvgIpc) is 3.13. The first-order valence-corrected chi connectivity index (χ1v) is 8.61. The third-order valence-electron chi connectivity index (χ3n) is 3.93. The molecular formula is C15H19ClN4OS. The van der Waals surface area contributed by atoms with Crippen molar-refractivity contribution in [1.29, 1.82) is 0 Å². The van der Waals surface area contributed by atoms with E-state index in [2.05, 4.69) is 10.3 Å². The van der Waals surface area contributed by atoms with Gasteiger partial charge in [-0.15, -0.1) is 11.3 Å². The number of hydrogen-bond donors (Lipinski definition) is 1. The van der Waals surface area contributed by atoms with E-state index in [1.54, 1.807) is 17.5 Å². The van der Waals surface area contributed by atoms with E-state index >= 15 is 0 Å². The van der Waals surface area contributed by atoms with E-state index < -0.39 is 0 Å². The van der Waals surface area contributed by atoms with Crippen LogP contribution < -0.4 is 5.32 Å². The molecule has 1 amide bonds. The molecule has 7 heteroatoms. The molecule has 0 aliphatic carbocycles. The minimum atomic E-state index is 0.00757. The molecule has 1 atom stereocenters. The van der Waals surface area contributed by atoms with Gasteiger partial charge in [0.05, 0.1) is 5.02 Å². The predicted molar refractivity (Wildman–Crippen MR) is 88.2 cm³/mol. The van der Waals surface area contributed by atoms with Crippen molar-refractivity contribution in [2.24, 2.45) is 7.05 Å². The molecule has 0 aromatic carbocycles. The number of hydrogen-bond acceptors (Lipinski definition) is 4. The number of imidazole rings is 1. The number of rotatable bonds is 4. The minimum Gasteiger partial charge on any atom is -0.336 e. The zero-order chi connectivity index (χ0) is 15.5. The van der Waals surface area contributed by atoms with Gasteiger partial charge in [-0.05, 0) is 12.5 Å². The van der Waals surface area contributed by atoms with Crippen LogP contribution in [0.3, 0.4) is 0 Å². The molecule has 22 heavy (non-hydrogen) atoms. The van der Waals surface area contributed by atoms with E-state index in [0.717, 1.165) is 41.8 Å². The largest absolute Gasteiger partial charge is 0.336 e. The number of nitrogens with zero attached hydrogens (tertiary/aromatic N) is 3. The summed E-state index contributed by atoms with van der Waals surface area (Å²) in [6.07, 6.45) is 4.95. The molecule has 1 fully saturated rings. The van der Waals surface area contributed by atoms with E-state index in [0.29, 0.717) is 6.42 Å². The summed E-state index contributed by atoms with van der Waals surface area (Å²) in [5, 5.41) is 6.01. The van der Waals surface area contributed by atoms with Crippen molar-refractivity contribution in [3.05, 3.63) is 39.6 Å². The fourth-order valence-electron chi connectivity index (χ4n) is 2.79. The van der Waals surface area contributed by atoms with Gasteiger partial charge in [0.2, 0.25) is 5.91 Å². The quantitative estimate of drug-likeness (QED) is 0.930. The van der Waals surface area contributed by atoms with Crippen molar-refractivity contribution in [3.63, 3.8) is 0 Å². The Morgan fingerprint density at radius 3 is 3.14 bits per heavy atom. The second kappa shape index (κ2) is 6.81. The Morgan fingerprint density at radius 2 is 2.45 bits per heavy atom. The van der Waals surface area contributed by atoms with Crippen LogP contribution in [0, 0.1) is 0 Å². The highest BCUT2D eigenvalue weighted by atomic mass is 35.5. The van der Waals surface area contributed by atoms with Crippen LogP contribution >= 0.6 is 22.9 Å². The van der Waals surface area contributed by atoms with Crippen molar-refractivity contribution in [3.8, 4) is 0 Å². The first-order chi connectivity index (χ1) is 10.6. The second-order valence-electron chi connectivity index (χ2n) is 5.43. The number of carbonyl (C=O) groups excluding carboxylic acids is 1. The van der Waals surface area contributed by atoms with Crippen molar-refractivity contribution in [2.75, 3.05) is 19.6 Å². The maximum atomic E-state index is 12.6. The molecule has 2 aromatic rings. The number of thiophene rings is 1. The van der Waals surface area contributed by atoms with E-state index in [1.807, 2.05) is 34.2 Å². The van der Waals surface area contributed by atoms with Gasteiger partial charge < -0.3 is 14.8 Å². The lowest BCUT2D eigenvalue weighted by molar-refractivity contribution is -0.134. The summed E-state index contributed by atoms with van der Waals surface area (Å²) in [5.74, 6) is 1.11. The van der Waals surface area contributed by atoms with Gasteiger partial charge in [-0.1, -0.05) is 11.6 Å². The third-order valence-corrected chi connectivity index (χ3v) is 5.27. The molecule has 0 radical (unpaired) electrons. The Labute approximate surface area is 138 Å². The van der Waals surface area contributed by atoms with Gasteiger partial charge in [0.15, 0.2) is 0 Å². The van der Waals surface area contributed by atoms with Crippen LogP contribution in [0.5, 0.6) is 0 Å². The van der Waals surface area contributed by atoms with Crippen LogP contribution in [0.4, 0.5) is 0 Å². The molecule has 0 saturated carbocycles. The van der Waals surface area contributed by atoms with Gasteiger partial charge in [0.1, 0.15) is 11.9 Å². The molecule has 1 unspecified atom stereocenters. The Hall–Kier alpha value is -1.37. The maximum absolute atomic E-state index is 12.6. The summed E-state index contributed by atoms with van der Waals surface area (Å²) in [4.78, 5) is 20.1. The highest BCUT2D eigenvalue weighted by molar-refractivity contribution is 7.10. The standard InChI is InChI=1S/C15H19ClN4OS/c1-19-6-5-18-15(19)13-9-17-4-7-20(13)14(21)3-2-12-8-11(16)10-22-12/h5-6,8,10,13,17H,2-4,7,9H2,1H3. The van der Waals surface area contributed by atoms with Crippen LogP contribution in [0.25, 0.3) is 0 Å². The smallest absolute Gasteiger partial charge is 0.223 e. The Balaban J connectivity index is 1.67. The van der Waals surface area contributed by atoms with Gasteiger partial charge in [-0.25, -0.2) is 4.98 Å². The Morgan fingerprint density at radius 1 is 1.59 bits per heavy atom. The topological polar surface area (TPSA) is 50.2 Å². The van der Waals surface area contributed by atoms with Gasteiger partial charge in [0.25, 0.3) is 0 Å². The monoisotopic (exact) mass is 338 g/mol. The summed E-state index contributed by atoms with van der Waals surface area (Å²) in [6.45, 7) is 2.31. The van der Waals surface area contributed by atoms with E-state index in [-0.39, 0.29) is 11.9 Å². The maximum Gasteiger partial charge on any atom is 0.223 e. The van der Waals surface area contributed by atoms with Gasteiger partial charge in [-0.3, -0.25) is 4.79 Å². The molecule has 0 bridgehead atoms. The first-order valence-electron chi connectivity index (χ1n) is 7.35. The van der Waals surface area contributed by atoms with Crippen molar-refractivity contribution >= 4 is 28.8 Å². The zero-order valence-electron chi connectivity index (χ0n) is 12.5.